The van der Waals surface area contributed by atoms with E-state index in [1.165, 1.54) is 0 Å². The van der Waals surface area contributed by atoms with Gasteiger partial charge in [-0.05, 0) is 24.6 Å². The van der Waals surface area contributed by atoms with E-state index in [2.05, 4.69) is 10.3 Å². The number of rotatable bonds is 3. The van der Waals surface area contributed by atoms with Crippen LogP contribution in [0, 0.1) is 0 Å². The summed E-state index contributed by atoms with van der Waals surface area (Å²) in [5, 5.41) is 4.13. The molecule has 1 aromatic rings. The Balaban J connectivity index is 0.00000225. The van der Waals surface area contributed by atoms with Crippen molar-refractivity contribution in [2.75, 3.05) is 6.54 Å². The van der Waals surface area contributed by atoms with Crippen molar-refractivity contribution in [3.8, 4) is 0 Å². The van der Waals surface area contributed by atoms with Crippen LogP contribution in [0.3, 0.4) is 0 Å². The maximum atomic E-state index is 5.98. The van der Waals surface area contributed by atoms with Gasteiger partial charge in [0.25, 0.3) is 0 Å². The molecule has 3 nitrogen and oxygen atoms in total. The summed E-state index contributed by atoms with van der Waals surface area (Å²) in [5.41, 5.74) is 6.49. The lowest BCUT2D eigenvalue weighted by molar-refractivity contribution is 0.925. The number of halogens is 3. The van der Waals surface area contributed by atoms with Gasteiger partial charge in [0.05, 0.1) is 6.54 Å². The Morgan fingerprint density at radius 1 is 1.44 bits per heavy atom. The first kappa shape index (κ1) is 15.8. The molecule has 3 N–H and O–H groups in total. The van der Waals surface area contributed by atoms with Gasteiger partial charge in [-0.15, -0.1) is 24.0 Å². The molecule has 0 spiro atoms. The molecule has 90 valence electrons. The quantitative estimate of drug-likeness (QED) is 0.486. The van der Waals surface area contributed by atoms with Gasteiger partial charge in [0.2, 0.25) is 0 Å². The molecule has 0 unspecified atom stereocenters. The first-order valence-corrected chi connectivity index (χ1v) is 5.36. The summed E-state index contributed by atoms with van der Waals surface area (Å²) in [6.07, 6.45) is 0. The molecule has 0 aliphatic carbocycles. The Bertz CT molecular complexity index is 369. The lowest BCUT2D eigenvalue weighted by atomic mass is 10.2. The molecule has 0 bridgehead atoms. The fraction of sp³-hybridized carbons (Fsp3) is 0.300. The van der Waals surface area contributed by atoms with E-state index >= 15 is 0 Å². The normalized spacial score (nSPS) is 10.8. The van der Waals surface area contributed by atoms with Crippen molar-refractivity contribution in [3.63, 3.8) is 0 Å². The van der Waals surface area contributed by atoms with Crippen molar-refractivity contribution in [2.24, 2.45) is 10.7 Å². The zero-order chi connectivity index (χ0) is 11.3. The molecular weight excluding hydrogens is 360 g/mol. The van der Waals surface area contributed by atoms with Crippen LogP contribution in [-0.2, 0) is 6.54 Å². The first-order chi connectivity index (χ1) is 7.13. The highest BCUT2D eigenvalue weighted by molar-refractivity contribution is 14.0. The van der Waals surface area contributed by atoms with Crippen LogP contribution in [0.2, 0.25) is 10.0 Å². The lowest BCUT2D eigenvalue weighted by Crippen LogP contribution is -2.31. The van der Waals surface area contributed by atoms with E-state index in [4.69, 9.17) is 28.9 Å². The van der Waals surface area contributed by atoms with E-state index in [9.17, 15) is 0 Å². The molecule has 0 saturated heterocycles. The molecular formula is C10H14Cl2IN3. The van der Waals surface area contributed by atoms with Crippen molar-refractivity contribution in [1.29, 1.82) is 0 Å². The van der Waals surface area contributed by atoms with Gasteiger partial charge in [0.15, 0.2) is 5.96 Å². The highest BCUT2D eigenvalue weighted by Crippen LogP contribution is 2.21. The molecule has 0 aromatic heterocycles. The standard InChI is InChI=1S/C10H13Cl2N3.HI/c1-2-14-10(13)15-6-7-3-4-8(11)5-9(7)12;/h3-5H,2,6H2,1H3,(H3,13,14,15);1H. The Hall–Kier alpha value is -0.200. The third-order valence-corrected chi connectivity index (χ3v) is 2.38. The summed E-state index contributed by atoms with van der Waals surface area (Å²) < 4.78 is 0. The number of benzene rings is 1. The fourth-order valence-electron chi connectivity index (χ4n) is 1.06. The number of aliphatic imine (C=N–C) groups is 1. The van der Waals surface area contributed by atoms with Gasteiger partial charge in [0, 0.05) is 16.6 Å². The van der Waals surface area contributed by atoms with Gasteiger partial charge in [-0.2, -0.15) is 0 Å². The van der Waals surface area contributed by atoms with Crippen molar-refractivity contribution >= 4 is 53.1 Å². The topological polar surface area (TPSA) is 50.4 Å². The molecule has 16 heavy (non-hydrogen) atoms. The summed E-state index contributed by atoms with van der Waals surface area (Å²) in [7, 11) is 0. The maximum Gasteiger partial charge on any atom is 0.188 e. The van der Waals surface area contributed by atoms with E-state index in [1.807, 2.05) is 13.0 Å². The molecule has 0 aliphatic heterocycles. The van der Waals surface area contributed by atoms with Crippen LogP contribution in [0.1, 0.15) is 12.5 Å². The number of hydrogen-bond donors (Lipinski definition) is 2. The highest BCUT2D eigenvalue weighted by atomic mass is 127. The summed E-state index contributed by atoms with van der Waals surface area (Å²) in [6.45, 7) is 3.16. The monoisotopic (exact) mass is 373 g/mol. The zero-order valence-corrected chi connectivity index (χ0v) is 12.7. The van der Waals surface area contributed by atoms with Crippen LogP contribution in [-0.4, -0.2) is 12.5 Å². The van der Waals surface area contributed by atoms with Gasteiger partial charge in [-0.3, -0.25) is 0 Å². The summed E-state index contributed by atoms with van der Waals surface area (Å²) >= 11 is 11.7. The number of hydrogen-bond acceptors (Lipinski definition) is 1. The minimum absolute atomic E-state index is 0. The molecule has 0 amide bonds. The van der Waals surface area contributed by atoms with E-state index in [1.54, 1.807) is 12.1 Å². The van der Waals surface area contributed by atoms with Crippen LogP contribution in [0.5, 0.6) is 0 Å². The van der Waals surface area contributed by atoms with Gasteiger partial charge in [0.1, 0.15) is 0 Å². The molecule has 0 fully saturated rings. The van der Waals surface area contributed by atoms with Crippen LogP contribution >= 0.6 is 47.2 Å². The largest absolute Gasteiger partial charge is 0.370 e. The van der Waals surface area contributed by atoms with Gasteiger partial charge >= 0.3 is 0 Å². The summed E-state index contributed by atoms with van der Waals surface area (Å²) in [5.74, 6) is 0.420. The molecule has 1 aromatic carbocycles. The predicted octanol–water partition coefficient (Wildman–Crippen LogP) is 3.04. The van der Waals surface area contributed by atoms with Crippen molar-refractivity contribution in [1.82, 2.24) is 5.32 Å². The second-order valence-corrected chi connectivity index (χ2v) is 3.81. The Labute approximate surface area is 122 Å². The second-order valence-electron chi connectivity index (χ2n) is 2.97. The molecule has 0 saturated carbocycles. The Morgan fingerprint density at radius 3 is 2.69 bits per heavy atom. The number of guanidine groups is 1. The highest BCUT2D eigenvalue weighted by Gasteiger charge is 2.00. The average molecular weight is 374 g/mol. The first-order valence-electron chi connectivity index (χ1n) is 4.61. The molecule has 0 radical (unpaired) electrons. The van der Waals surface area contributed by atoms with Gasteiger partial charge < -0.3 is 11.1 Å². The minimum Gasteiger partial charge on any atom is -0.370 e. The van der Waals surface area contributed by atoms with Crippen molar-refractivity contribution in [3.05, 3.63) is 33.8 Å². The predicted molar refractivity (Wildman–Crippen MR) is 80.9 cm³/mol. The van der Waals surface area contributed by atoms with E-state index in [-0.39, 0.29) is 24.0 Å². The second kappa shape index (κ2) is 7.97. The summed E-state index contributed by atoms with van der Waals surface area (Å²) in [6, 6.07) is 5.31. The van der Waals surface area contributed by atoms with Crippen LogP contribution in [0.15, 0.2) is 23.2 Å². The van der Waals surface area contributed by atoms with Crippen LogP contribution in [0.25, 0.3) is 0 Å². The minimum atomic E-state index is 0. The SMILES string of the molecule is CCNC(N)=NCc1ccc(Cl)cc1Cl.I. The van der Waals surface area contributed by atoms with Crippen molar-refractivity contribution < 1.29 is 0 Å². The third kappa shape index (κ3) is 5.23. The van der Waals surface area contributed by atoms with Gasteiger partial charge in [-0.25, -0.2) is 4.99 Å². The Kier molecular flexibility index (Phi) is 7.87. The summed E-state index contributed by atoms with van der Waals surface area (Å²) in [4.78, 5) is 4.13. The zero-order valence-electron chi connectivity index (χ0n) is 8.84. The van der Waals surface area contributed by atoms with Crippen molar-refractivity contribution in [2.45, 2.75) is 13.5 Å². The third-order valence-electron chi connectivity index (χ3n) is 1.79. The fourth-order valence-corrected chi connectivity index (χ4v) is 1.53. The van der Waals surface area contributed by atoms with Gasteiger partial charge in [-0.1, -0.05) is 29.3 Å². The lowest BCUT2D eigenvalue weighted by Gasteiger charge is -2.03. The number of nitrogens with two attached hydrogens (primary N) is 1. The van der Waals surface area contributed by atoms with E-state index < -0.39 is 0 Å². The average Bonchev–Trinajstić information content (AvgIpc) is 2.17. The number of nitrogens with zero attached hydrogens (tertiary/aromatic N) is 1. The van der Waals surface area contributed by atoms with Crippen LogP contribution in [0.4, 0.5) is 0 Å². The van der Waals surface area contributed by atoms with E-state index in [0.29, 0.717) is 22.5 Å². The smallest absolute Gasteiger partial charge is 0.188 e. The maximum absolute atomic E-state index is 5.98. The molecule has 0 aliphatic rings. The van der Waals surface area contributed by atoms with E-state index in [0.717, 1.165) is 12.1 Å². The Morgan fingerprint density at radius 2 is 2.12 bits per heavy atom. The number of nitrogens with one attached hydrogen (secondary N) is 1. The molecule has 6 heteroatoms. The molecule has 1 rings (SSSR count). The molecule has 0 atom stereocenters. The molecule has 0 heterocycles. The van der Waals surface area contributed by atoms with Crippen LogP contribution < -0.4 is 11.1 Å².